The molecule has 0 radical (unpaired) electrons. The highest BCUT2D eigenvalue weighted by Gasteiger charge is 2.37. The summed E-state index contributed by atoms with van der Waals surface area (Å²) in [5.41, 5.74) is 0. The van der Waals surface area contributed by atoms with Crippen molar-refractivity contribution in [3.8, 4) is 0 Å². The molecule has 1 heterocycles. The van der Waals surface area contributed by atoms with Crippen molar-refractivity contribution in [3.63, 3.8) is 0 Å². The van der Waals surface area contributed by atoms with Crippen LogP contribution in [0.5, 0.6) is 0 Å². The maximum Gasteiger partial charge on any atom is 0.326 e. The van der Waals surface area contributed by atoms with Crippen molar-refractivity contribution in [1.82, 2.24) is 10.2 Å². The molecule has 2 rings (SSSR count). The summed E-state index contributed by atoms with van der Waals surface area (Å²) >= 11 is 0. The van der Waals surface area contributed by atoms with Gasteiger partial charge < -0.3 is 15.3 Å². The van der Waals surface area contributed by atoms with Gasteiger partial charge in [-0.3, -0.25) is 0 Å². The van der Waals surface area contributed by atoms with E-state index in [9.17, 15) is 14.7 Å². The van der Waals surface area contributed by atoms with Gasteiger partial charge in [-0.1, -0.05) is 33.1 Å². The summed E-state index contributed by atoms with van der Waals surface area (Å²) in [4.78, 5) is 25.5. The number of hydrogen-bond donors (Lipinski definition) is 2. The first-order valence-electron chi connectivity index (χ1n) is 8.32. The number of piperidine rings is 1. The summed E-state index contributed by atoms with van der Waals surface area (Å²) in [7, 11) is 0. The lowest BCUT2D eigenvalue weighted by Crippen LogP contribution is -2.56. The molecule has 0 bridgehead atoms. The lowest BCUT2D eigenvalue weighted by atomic mass is 9.84. The molecule has 2 amide bonds. The smallest absolute Gasteiger partial charge is 0.326 e. The van der Waals surface area contributed by atoms with Gasteiger partial charge in [-0.25, -0.2) is 9.59 Å². The van der Waals surface area contributed by atoms with Gasteiger partial charge in [0.2, 0.25) is 0 Å². The lowest BCUT2D eigenvalue weighted by Gasteiger charge is -2.39. The lowest BCUT2D eigenvalue weighted by molar-refractivity contribution is -0.145. The van der Waals surface area contributed by atoms with Crippen LogP contribution < -0.4 is 5.32 Å². The van der Waals surface area contributed by atoms with E-state index in [0.717, 1.165) is 38.5 Å². The predicted molar refractivity (Wildman–Crippen MR) is 81.1 cm³/mol. The third-order valence-electron chi connectivity index (χ3n) is 5.13. The molecule has 0 spiro atoms. The first-order valence-corrected chi connectivity index (χ1v) is 8.32. The fraction of sp³-hybridized carbons (Fsp3) is 0.875. The number of rotatable bonds is 3. The number of hydrogen-bond acceptors (Lipinski definition) is 2. The van der Waals surface area contributed by atoms with Crippen LogP contribution in [0, 0.1) is 11.8 Å². The Morgan fingerprint density at radius 1 is 1.24 bits per heavy atom. The summed E-state index contributed by atoms with van der Waals surface area (Å²) in [6, 6.07) is -0.650. The second kappa shape index (κ2) is 7.14. The van der Waals surface area contributed by atoms with Gasteiger partial charge in [0.25, 0.3) is 0 Å². The molecule has 1 aliphatic carbocycles. The Kier molecular flexibility index (Phi) is 5.48. The van der Waals surface area contributed by atoms with Crippen LogP contribution in [0.4, 0.5) is 4.79 Å². The third-order valence-corrected chi connectivity index (χ3v) is 5.13. The average molecular weight is 296 g/mol. The summed E-state index contributed by atoms with van der Waals surface area (Å²) in [5.74, 6) is -0.163. The van der Waals surface area contributed by atoms with Gasteiger partial charge in [-0.2, -0.15) is 0 Å². The number of carbonyl (C=O) groups excluding carboxylic acids is 1. The largest absolute Gasteiger partial charge is 0.480 e. The fourth-order valence-corrected chi connectivity index (χ4v) is 3.84. The minimum Gasteiger partial charge on any atom is -0.480 e. The maximum absolute atomic E-state index is 12.5. The van der Waals surface area contributed by atoms with Crippen molar-refractivity contribution in [2.45, 2.75) is 70.9 Å². The van der Waals surface area contributed by atoms with Crippen LogP contribution in [-0.4, -0.2) is 40.6 Å². The topological polar surface area (TPSA) is 69.6 Å². The molecular formula is C16H28N2O3. The zero-order valence-corrected chi connectivity index (χ0v) is 13.2. The minimum atomic E-state index is -0.882. The first kappa shape index (κ1) is 16.1. The number of carbonyl (C=O) groups is 2. The Morgan fingerprint density at radius 2 is 2.00 bits per heavy atom. The van der Waals surface area contributed by atoms with Gasteiger partial charge in [0.15, 0.2) is 0 Å². The van der Waals surface area contributed by atoms with Crippen LogP contribution in [-0.2, 0) is 4.79 Å². The summed E-state index contributed by atoms with van der Waals surface area (Å²) in [5, 5.41) is 12.5. The number of aliphatic carboxylic acids is 1. The molecule has 1 saturated carbocycles. The van der Waals surface area contributed by atoms with Gasteiger partial charge in [-0.15, -0.1) is 0 Å². The highest BCUT2D eigenvalue weighted by Crippen LogP contribution is 2.28. The van der Waals surface area contributed by atoms with Crippen LogP contribution in [0.1, 0.15) is 58.8 Å². The van der Waals surface area contributed by atoms with Gasteiger partial charge in [0.05, 0.1) is 0 Å². The van der Waals surface area contributed by atoms with E-state index < -0.39 is 12.0 Å². The number of carboxylic acid groups (broad SMARTS) is 1. The number of urea groups is 1. The second-order valence-electron chi connectivity index (χ2n) is 6.68. The molecule has 0 aromatic heterocycles. The second-order valence-corrected chi connectivity index (χ2v) is 6.68. The maximum atomic E-state index is 12.5. The molecule has 2 N–H and O–H groups in total. The van der Waals surface area contributed by atoms with E-state index in [-0.39, 0.29) is 18.0 Å². The summed E-state index contributed by atoms with van der Waals surface area (Å²) in [6.07, 6.45) is 7.38. The zero-order valence-electron chi connectivity index (χ0n) is 13.2. The zero-order chi connectivity index (χ0) is 15.4. The van der Waals surface area contributed by atoms with Crippen LogP contribution >= 0.6 is 0 Å². The number of likely N-dealkylation sites (tertiary alicyclic amines) is 1. The monoisotopic (exact) mass is 296 g/mol. The van der Waals surface area contributed by atoms with Crippen molar-refractivity contribution < 1.29 is 14.7 Å². The molecule has 21 heavy (non-hydrogen) atoms. The molecule has 4 atom stereocenters. The Labute approximate surface area is 127 Å². The van der Waals surface area contributed by atoms with Gasteiger partial charge in [-0.05, 0) is 37.5 Å². The van der Waals surface area contributed by atoms with E-state index >= 15 is 0 Å². The van der Waals surface area contributed by atoms with E-state index in [0.29, 0.717) is 12.5 Å². The molecule has 1 saturated heterocycles. The molecule has 4 unspecified atom stereocenters. The quantitative estimate of drug-likeness (QED) is 0.841. The fourth-order valence-electron chi connectivity index (χ4n) is 3.84. The Morgan fingerprint density at radius 3 is 2.67 bits per heavy atom. The molecule has 5 nitrogen and oxygen atoms in total. The van der Waals surface area contributed by atoms with Gasteiger partial charge in [0, 0.05) is 12.6 Å². The molecular weight excluding hydrogens is 268 g/mol. The molecule has 2 aliphatic rings. The molecule has 5 heteroatoms. The average Bonchev–Trinajstić information content (AvgIpc) is 2.46. The number of nitrogens with one attached hydrogen (secondary N) is 1. The minimum absolute atomic E-state index is 0.0248. The Balaban J connectivity index is 1.96. The van der Waals surface area contributed by atoms with Crippen LogP contribution in [0.15, 0.2) is 0 Å². The van der Waals surface area contributed by atoms with E-state index in [4.69, 9.17) is 0 Å². The van der Waals surface area contributed by atoms with E-state index in [1.165, 1.54) is 11.3 Å². The highest BCUT2D eigenvalue weighted by atomic mass is 16.4. The van der Waals surface area contributed by atoms with Crippen molar-refractivity contribution in [2.24, 2.45) is 11.8 Å². The van der Waals surface area contributed by atoms with Gasteiger partial charge in [0.1, 0.15) is 6.04 Å². The van der Waals surface area contributed by atoms with Crippen LogP contribution in [0.2, 0.25) is 0 Å². The number of nitrogens with zero attached hydrogens (tertiary/aromatic N) is 1. The van der Waals surface area contributed by atoms with Crippen molar-refractivity contribution in [1.29, 1.82) is 0 Å². The Bertz CT molecular complexity index is 386. The molecule has 120 valence electrons. The molecule has 0 aromatic rings. The predicted octanol–water partition coefficient (Wildman–Crippen LogP) is 2.85. The van der Waals surface area contributed by atoms with E-state index in [2.05, 4.69) is 12.2 Å². The number of carboxylic acids is 1. The summed E-state index contributed by atoms with van der Waals surface area (Å²) in [6.45, 7) is 4.67. The van der Waals surface area contributed by atoms with Crippen LogP contribution in [0.3, 0.4) is 0 Å². The van der Waals surface area contributed by atoms with E-state index in [1.54, 1.807) is 0 Å². The van der Waals surface area contributed by atoms with Crippen LogP contribution in [0.25, 0.3) is 0 Å². The summed E-state index contributed by atoms with van der Waals surface area (Å²) < 4.78 is 0. The first-order chi connectivity index (χ1) is 10.0. The standard InChI is InChI=1S/C16H28N2O3/c1-3-12-7-4-8-13(10-12)17-16(21)18-9-5-6-11(2)14(18)15(19)20/h11-14H,3-10H2,1-2H3,(H,17,21)(H,19,20). The SMILES string of the molecule is CCC1CCCC(NC(=O)N2CCCC(C)C2C(=O)O)C1. The third kappa shape index (κ3) is 3.89. The molecule has 0 aromatic carbocycles. The highest BCUT2D eigenvalue weighted by molar-refractivity contribution is 5.83. The normalized spacial score (nSPS) is 33.5. The molecule has 1 aliphatic heterocycles. The number of amides is 2. The van der Waals surface area contributed by atoms with Gasteiger partial charge >= 0.3 is 12.0 Å². The molecule has 2 fully saturated rings. The van der Waals surface area contributed by atoms with Crippen molar-refractivity contribution >= 4 is 12.0 Å². The van der Waals surface area contributed by atoms with Crippen molar-refractivity contribution in [3.05, 3.63) is 0 Å². The van der Waals surface area contributed by atoms with E-state index in [1.807, 2.05) is 6.92 Å². The Hall–Kier alpha value is -1.26. The van der Waals surface area contributed by atoms with Crippen molar-refractivity contribution in [2.75, 3.05) is 6.54 Å².